The van der Waals surface area contributed by atoms with Gasteiger partial charge in [0.2, 0.25) is 0 Å². The van der Waals surface area contributed by atoms with Crippen molar-refractivity contribution in [2.45, 2.75) is 26.2 Å². The smallest absolute Gasteiger partial charge is 0.424 e. The second-order valence-electron chi connectivity index (χ2n) is 3.67. The van der Waals surface area contributed by atoms with Crippen LogP contribution in [-0.4, -0.2) is 35.8 Å². The number of hydrazine groups is 1. The Balaban J connectivity index is 2.59. The van der Waals surface area contributed by atoms with Crippen molar-refractivity contribution in [3.63, 3.8) is 0 Å². The minimum absolute atomic E-state index is 0.00829. The van der Waals surface area contributed by atoms with Crippen LogP contribution in [-0.2, 0) is 14.3 Å². The fourth-order valence-electron chi connectivity index (χ4n) is 1.53. The molecule has 0 unspecified atom stereocenters. The van der Waals surface area contributed by atoms with Gasteiger partial charge in [-0.2, -0.15) is 0 Å². The molecule has 1 aliphatic carbocycles. The van der Waals surface area contributed by atoms with Gasteiger partial charge in [0.25, 0.3) is 0 Å². The fraction of sp³-hybridized carbons (Fsp3) is 0.545. The average molecular weight is 240 g/mol. The Hall–Kier alpha value is -1.69. The van der Waals surface area contributed by atoms with E-state index in [1.165, 1.54) is 6.08 Å². The molecule has 0 spiro atoms. The Labute approximate surface area is 99.4 Å². The van der Waals surface area contributed by atoms with Crippen LogP contribution in [0.1, 0.15) is 26.2 Å². The van der Waals surface area contributed by atoms with Gasteiger partial charge in [0.1, 0.15) is 0 Å². The van der Waals surface area contributed by atoms with E-state index in [1.54, 1.807) is 6.92 Å². The molecule has 2 N–H and O–H groups in total. The summed E-state index contributed by atoms with van der Waals surface area (Å²) in [6.45, 7) is 1.88. The van der Waals surface area contributed by atoms with Gasteiger partial charge in [-0.25, -0.2) is 15.6 Å². The number of rotatable bonds is 3. The lowest BCUT2D eigenvalue weighted by molar-refractivity contribution is -0.123. The number of hydrogen-bond acceptors (Lipinski definition) is 5. The van der Waals surface area contributed by atoms with Crippen LogP contribution >= 0.6 is 0 Å². The lowest BCUT2D eigenvalue weighted by Crippen LogP contribution is -2.38. The molecule has 1 aliphatic rings. The molecule has 1 fully saturated rings. The molecule has 94 valence electrons. The van der Waals surface area contributed by atoms with Gasteiger partial charge in [-0.3, -0.25) is 9.59 Å². The van der Waals surface area contributed by atoms with Crippen molar-refractivity contribution in [3.05, 3.63) is 11.6 Å². The Morgan fingerprint density at radius 2 is 2.00 bits per heavy atom. The van der Waals surface area contributed by atoms with Crippen molar-refractivity contribution in [1.29, 1.82) is 0 Å². The molecule has 6 nitrogen and oxygen atoms in total. The van der Waals surface area contributed by atoms with Crippen LogP contribution in [0.15, 0.2) is 11.6 Å². The number of amides is 1. The number of nitrogens with zero attached hydrogens (tertiary/aromatic N) is 1. The van der Waals surface area contributed by atoms with E-state index in [2.05, 4.69) is 4.74 Å². The van der Waals surface area contributed by atoms with E-state index in [-0.39, 0.29) is 30.3 Å². The second kappa shape index (κ2) is 6.15. The summed E-state index contributed by atoms with van der Waals surface area (Å²) in [6.07, 6.45) is 2.06. The first-order valence-electron chi connectivity index (χ1n) is 5.51. The minimum atomic E-state index is -0.681. The van der Waals surface area contributed by atoms with Crippen molar-refractivity contribution in [2.24, 2.45) is 5.84 Å². The summed E-state index contributed by atoms with van der Waals surface area (Å²) >= 11 is 0. The molecule has 0 radical (unpaired) electrons. The van der Waals surface area contributed by atoms with Gasteiger partial charge in [0.15, 0.2) is 11.6 Å². The highest BCUT2D eigenvalue weighted by molar-refractivity contribution is 6.21. The molecule has 17 heavy (non-hydrogen) atoms. The molecule has 1 amide bonds. The normalized spacial score (nSPS) is 15.8. The predicted octanol–water partition coefficient (Wildman–Crippen LogP) is 0.567. The number of ketones is 2. The van der Waals surface area contributed by atoms with E-state index in [0.717, 1.165) is 5.01 Å². The molecule has 0 heterocycles. The first-order chi connectivity index (χ1) is 8.06. The van der Waals surface area contributed by atoms with Crippen LogP contribution in [0.4, 0.5) is 4.79 Å². The van der Waals surface area contributed by atoms with Gasteiger partial charge in [0, 0.05) is 12.8 Å². The van der Waals surface area contributed by atoms with E-state index >= 15 is 0 Å². The van der Waals surface area contributed by atoms with Crippen LogP contribution in [0.25, 0.3) is 0 Å². The van der Waals surface area contributed by atoms with E-state index < -0.39 is 6.09 Å². The summed E-state index contributed by atoms with van der Waals surface area (Å²) in [6, 6.07) is 0. The molecule has 0 aromatic heterocycles. The van der Waals surface area contributed by atoms with Crippen LogP contribution in [0.5, 0.6) is 0 Å². The number of Topliss-reactive ketones (excluding diaryl/α,β-unsaturated/α-hetero) is 2. The summed E-state index contributed by atoms with van der Waals surface area (Å²) in [7, 11) is 0. The average Bonchev–Trinajstić information content (AvgIpc) is 2.28. The zero-order chi connectivity index (χ0) is 12.8. The molecule has 0 aliphatic heterocycles. The Bertz CT molecular complexity index is 344. The molecule has 1 rings (SSSR count). The Kier molecular flexibility index (Phi) is 4.84. The highest BCUT2D eigenvalue weighted by atomic mass is 16.6. The van der Waals surface area contributed by atoms with Crippen LogP contribution < -0.4 is 5.84 Å². The predicted molar refractivity (Wildman–Crippen MR) is 59.9 cm³/mol. The first kappa shape index (κ1) is 13.4. The lowest BCUT2D eigenvalue weighted by atomic mass is 9.92. The van der Waals surface area contributed by atoms with Gasteiger partial charge < -0.3 is 4.74 Å². The molecule has 6 heteroatoms. The molecule has 0 aromatic rings. The van der Waals surface area contributed by atoms with Crippen molar-refractivity contribution < 1.29 is 19.1 Å². The summed E-state index contributed by atoms with van der Waals surface area (Å²) in [4.78, 5) is 34.1. The quantitative estimate of drug-likeness (QED) is 0.256. The maximum absolute atomic E-state index is 11.4. The zero-order valence-corrected chi connectivity index (χ0v) is 9.77. The zero-order valence-electron chi connectivity index (χ0n) is 9.77. The molecular formula is C11H16N2O4. The Morgan fingerprint density at radius 3 is 2.53 bits per heavy atom. The second-order valence-corrected chi connectivity index (χ2v) is 3.67. The van der Waals surface area contributed by atoms with Gasteiger partial charge in [-0.1, -0.05) is 0 Å². The van der Waals surface area contributed by atoms with Crippen molar-refractivity contribution in [1.82, 2.24) is 5.01 Å². The number of carbonyl (C=O) groups is 3. The molecular weight excluding hydrogens is 224 g/mol. The van der Waals surface area contributed by atoms with E-state index in [4.69, 9.17) is 5.84 Å². The van der Waals surface area contributed by atoms with Gasteiger partial charge in [-0.15, -0.1) is 0 Å². The van der Waals surface area contributed by atoms with Crippen LogP contribution in [0.3, 0.4) is 0 Å². The molecule has 0 aromatic carbocycles. The Morgan fingerprint density at radius 1 is 1.41 bits per heavy atom. The number of allylic oxidation sites excluding steroid dienone is 1. The monoisotopic (exact) mass is 240 g/mol. The summed E-state index contributed by atoms with van der Waals surface area (Å²) in [5.74, 6) is 5.04. The maximum atomic E-state index is 11.4. The standard InChI is InChI=1S/C11H16N2O4/c1-2-17-11(16)13(12)7-6-8-9(14)4-3-5-10(8)15/h6H,2-5,7,12H2,1H3. The summed E-state index contributed by atoms with van der Waals surface area (Å²) < 4.78 is 4.66. The third kappa shape index (κ3) is 3.67. The minimum Gasteiger partial charge on any atom is -0.449 e. The maximum Gasteiger partial charge on any atom is 0.424 e. The first-order valence-corrected chi connectivity index (χ1v) is 5.51. The number of ether oxygens (including phenoxy) is 1. The third-order valence-corrected chi connectivity index (χ3v) is 2.40. The van der Waals surface area contributed by atoms with Gasteiger partial charge in [-0.05, 0) is 19.4 Å². The molecule has 0 atom stereocenters. The number of hydrogen-bond donors (Lipinski definition) is 1. The van der Waals surface area contributed by atoms with Crippen LogP contribution in [0.2, 0.25) is 0 Å². The topological polar surface area (TPSA) is 89.7 Å². The van der Waals surface area contributed by atoms with Crippen molar-refractivity contribution in [2.75, 3.05) is 13.2 Å². The highest BCUT2D eigenvalue weighted by Crippen LogP contribution is 2.16. The highest BCUT2D eigenvalue weighted by Gasteiger charge is 2.23. The lowest BCUT2D eigenvalue weighted by Gasteiger charge is -2.15. The largest absolute Gasteiger partial charge is 0.449 e. The number of carbonyl (C=O) groups excluding carboxylic acids is 3. The molecule has 0 saturated heterocycles. The third-order valence-electron chi connectivity index (χ3n) is 2.40. The number of nitrogens with two attached hydrogens (primary N) is 1. The molecule has 1 saturated carbocycles. The van der Waals surface area contributed by atoms with Gasteiger partial charge >= 0.3 is 6.09 Å². The van der Waals surface area contributed by atoms with Gasteiger partial charge in [0.05, 0.1) is 18.7 Å². The van der Waals surface area contributed by atoms with Crippen molar-refractivity contribution in [3.8, 4) is 0 Å². The van der Waals surface area contributed by atoms with E-state index in [9.17, 15) is 14.4 Å². The molecule has 0 bridgehead atoms. The van der Waals surface area contributed by atoms with Crippen LogP contribution in [0, 0.1) is 0 Å². The summed E-state index contributed by atoms with van der Waals surface area (Å²) in [5, 5.41) is 0.825. The van der Waals surface area contributed by atoms with E-state index in [1.807, 2.05) is 0 Å². The van der Waals surface area contributed by atoms with Crippen molar-refractivity contribution >= 4 is 17.7 Å². The fourth-order valence-corrected chi connectivity index (χ4v) is 1.53. The SMILES string of the molecule is CCOC(=O)N(N)CC=C1C(=O)CCCC1=O. The van der Waals surface area contributed by atoms with E-state index in [0.29, 0.717) is 19.3 Å². The summed E-state index contributed by atoms with van der Waals surface area (Å²) in [5.41, 5.74) is 0.149.